The maximum atomic E-state index is 13.3. The summed E-state index contributed by atoms with van der Waals surface area (Å²) < 4.78 is 28.9. The molecule has 1 saturated heterocycles. The molecule has 4 aromatic carbocycles. The van der Waals surface area contributed by atoms with Gasteiger partial charge in [-0.25, -0.2) is 13.1 Å². The van der Waals surface area contributed by atoms with Gasteiger partial charge in [-0.05, 0) is 122 Å². The highest BCUT2D eigenvalue weighted by Gasteiger charge is 2.23. The largest absolute Gasteiger partial charge is 0.381 e. The number of benzene rings is 4. The van der Waals surface area contributed by atoms with Crippen molar-refractivity contribution in [1.29, 1.82) is 0 Å². The van der Waals surface area contributed by atoms with E-state index < -0.39 is 15.9 Å². The minimum atomic E-state index is -4.06. The fraction of sp³-hybridized carbons (Fsp3) is 0.357. The third-order valence-electron chi connectivity index (χ3n) is 9.98. The number of nitrogens with zero attached hydrogens (tertiary/aromatic N) is 2. The highest BCUT2D eigenvalue weighted by atomic mass is 35.5. The van der Waals surface area contributed by atoms with Gasteiger partial charge >= 0.3 is 0 Å². The van der Waals surface area contributed by atoms with Gasteiger partial charge in [0.25, 0.3) is 15.9 Å². The number of allylic oxidation sites excluding steroid dienone is 1. The lowest BCUT2D eigenvalue weighted by Crippen LogP contribution is -2.47. The number of carbonyl (C=O) groups excluding carboxylic acids is 1. The van der Waals surface area contributed by atoms with E-state index in [2.05, 4.69) is 51.0 Å². The van der Waals surface area contributed by atoms with E-state index in [1.165, 1.54) is 28.9 Å². The fourth-order valence-corrected chi connectivity index (χ4v) is 9.26. The molecule has 2 N–H and O–H groups in total. The standard InChI is InChI=1S/C42H49ClN4O3S2/c1-3-9-36(30-51-38-11-5-4-6-12-38)44-41-23-22-39(28-31(41)2)52(49,50)45-42(48)33-16-20-37(21-17-33)47-26-24-46(25-27-47)29-34-10-7-8-13-40(34)32-14-18-35(43)19-15-32/h4-6,11-12,14-23,28,36,44H,3,7-10,13,24-27,29-30H2,1-2H3,(H,45,48)/t36-/m1/s1. The number of anilines is 2. The van der Waals surface area contributed by atoms with Crippen molar-refractivity contribution in [2.45, 2.75) is 68.2 Å². The highest BCUT2D eigenvalue weighted by molar-refractivity contribution is 7.99. The second-order valence-corrected chi connectivity index (χ2v) is 17.0. The SMILES string of the molecule is CCC[C@H](CSc1ccccc1)Nc1ccc(S(=O)(=O)NC(=O)c2ccc(N3CCN(CC4=C(c5ccc(Cl)cc5)CCCC4)CC3)cc2)cc1C. The van der Waals surface area contributed by atoms with Gasteiger partial charge in [0.1, 0.15) is 0 Å². The first kappa shape index (κ1) is 38.0. The van der Waals surface area contributed by atoms with Gasteiger partial charge in [0.05, 0.1) is 4.90 Å². The van der Waals surface area contributed by atoms with Crippen LogP contribution in [0.25, 0.3) is 5.57 Å². The summed E-state index contributed by atoms with van der Waals surface area (Å²) in [6.45, 7) is 8.73. The normalized spacial score (nSPS) is 16.1. The number of nitrogens with one attached hydrogen (secondary N) is 2. The van der Waals surface area contributed by atoms with Gasteiger partial charge in [0.2, 0.25) is 0 Å². The number of sulfonamides is 1. The van der Waals surface area contributed by atoms with Gasteiger partial charge in [-0.3, -0.25) is 9.69 Å². The Morgan fingerprint density at radius 1 is 0.885 bits per heavy atom. The molecule has 0 saturated carbocycles. The van der Waals surface area contributed by atoms with Crippen LogP contribution in [0.15, 0.2) is 112 Å². The van der Waals surface area contributed by atoms with Crippen molar-refractivity contribution in [3.8, 4) is 0 Å². The van der Waals surface area contributed by atoms with E-state index in [4.69, 9.17) is 11.6 Å². The smallest absolute Gasteiger partial charge is 0.264 e. The van der Waals surface area contributed by atoms with E-state index in [1.807, 2.05) is 49.4 Å². The molecular weight excluding hydrogens is 708 g/mol. The van der Waals surface area contributed by atoms with Crippen LogP contribution in [0.3, 0.4) is 0 Å². The average molecular weight is 757 g/mol. The molecule has 0 bridgehead atoms. The lowest BCUT2D eigenvalue weighted by atomic mass is 9.87. The second kappa shape index (κ2) is 17.8. The summed E-state index contributed by atoms with van der Waals surface area (Å²) in [6, 6.07) is 31.0. The van der Waals surface area contributed by atoms with E-state index in [1.54, 1.807) is 47.7 Å². The Bertz CT molecular complexity index is 1940. The van der Waals surface area contributed by atoms with Gasteiger partial charge in [0, 0.05) is 71.4 Å². The molecule has 1 aliphatic carbocycles. The van der Waals surface area contributed by atoms with Crippen LogP contribution >= 0.6 is 23.4 Å². The highest BCUT2D eigenvalue weighted by Crippen LogP contribution is 2.34. The molecule has 0 aromatic heterocycles. The summed E-state index contributed by atoms with van der Waals surface area (Å²) in [7, 11) is -4.06. The maximum Gasteiger partial charge on any atom is 0.264 e. The number of piperazine rings is 1. The minimum absolute atomic E-state index is 0.0633. The molecule has 1 heterocycles. The van der Waals surface area contributed by atoms with Crippen LogP contribution in [0.5, 0.6) is 0 Å². The van der Waals surface area contributed by atoms with E-state index >= 15 is 0 Å². The number of thioether (sulfide) groups is 1. The first-order valence-corrected chi connectivity index (χ1v) is 21.2. The van der Waals surface area contributed by atoms with Crippen molar-refractivity contribution in [2.24, 2.45) is 0 Å². The van der Waals surface area contributed by atoms with Crippen LogP contribution in [0.1, 0.15) is 66.9 Å². The van der Waals surface area contributed by atoms with E-state index in [-0.39, 0.29) is 10.9 Å². The number of carbonyl (C=O) groups is 1. The van der Waals surface area contributed by atoms with Gasteiger partial charge in [-0.15, -0.1) is 11.8 Å². The molecule has 7 nitrogen and oxygen atoms in total. The molecule has 6 rings (SSSR count). The molecule has 274 valence electrons. The lowest BCUT2D eigenvalue weighted by Gasteiger charge is -2.37. The summed E-state index contributed by atoms with van der Waals surface area (Å²) in [6.07, 6.45) is 6.77. The zero-order valence-electron chi connectivity index (χ0n) is 30.1. The summed E-state index contributed by atoms with van der Waals surface area (Å²) >= 11 is 7.96. The monoisotopic (exact) mass is 756 g/mol. The molecular formula is C42H49ClN4O3S2. The Morgan fingerprint density at radius 3 is 2.29 bits per heavy atom. The van der Waals surface area contributed by atoms with Crippen LogP contribution in [-0.4, -0.2) is 63.7 Å². The molecule has 52 heavy (non-hydrogen) atoms. The van der Waals surface area contributed by atoms with Crippen molar-refractivity contribution >= 4 is 56.2 Å². The maximum absolute atomic E-state index is 13.3. The number of hydrogen-bond donors (Lipinski definition) is 2. The molecule has 0 spiro atoms. The predicted molar refractivity (Wildman–Crippen MR) is 217 cm³/mol. The topological polar surface area (TPSA) is 81.8 Å². The lowest BCUT2D eigenvalue weighted by molar-refractivity contribution is 0.0981. The molecule has 1 fully saturated rings. The Labute approximate surface area is 318 Å². The summed E-state index contributed by atoms with van der Waals surface area (Å²) in [5.74, 6) is 0.252. The predicted octanol–water partition coefficient (Wildman–Crippen LogP) is 9.29. The molecule has 10 heteroatoms. The van der Waals surface area contributed by atoms with Gasteiger partial charge in [-0.1, -0.05) is 60.9 Å². The van der Waals surface area contributed by atoms with Crippen molar-refractivity contribution in [1.82, 2.24) is 9.62 Å². The third-order valence-corrected chi connectivity index (χ3v) is 12.7. The minimum Gasteiger partial charge on any atom is -0.381 e. The van der Waals surface area contributed by atoms with Crippen LogP contribution in [0.4, 0.5) is 11.4 Å². The van der Waals surface area contributed by atoms with Crippen molar-refractivity contribution in [2.75, 3.05) is 48.7 Å². The van der Waals surface area contributed by atoms with Gasteiger partial charge in [0.15, 0.2) is 0 Å². The molecule has 0 radical (unpaired) electrons. The van der Waals surface area contributed by atoms with E-state index in [0.717, 1.165) is 86.1 Å². The average Bonchev–Trinajstić information content (AvgIpc) is 3.16. The first-order chi connectivity index (χ1) is 25.2. The fourth-order valence-electron chi connectivity index (χ4n) is 7.08. The molecule has 0 unspecified atom stereocenters. The number of rotatable bonds is 14. The van der Waals surface area contributed by atoms with Crippen molar-refractivity contribution in [3.05, 3.63) is 124 Å². The summed E-state index contributed by atoms with van der Waals surface area (Å²) in [5.41, 5.74) is 7.35. The third kappa shape index (κ3) is 10.0. The number of hydrogen-bond acceptors (Lipinski definition) is 7. The van der Waals surface area contributed by atoms with Gasteiger partial charge < -0.3 is 10.2 Å². The molecule has 2 aliphatic rings. The van der Waals surface area contributed by atoms with Crippen molar-refractivity contribution < 1.29 is 13.2 Å². The number of aryl methyl sites for hydroxylation is 1. The summed E-state index contributed by atoms with van der Waals surface area (Å²) in [5, 5.41) is 4.38. The van der Waals surface area contributed by atoms with E-state index in [9.17, 15) is 13.2 Å². The van der Waals surface area contributed by atoms with Crippen molar-refractivity contribution in [3.63, 3.8) is 0 Å². The van der Waals surface area contributed by atoms with Gasteiger partial charge in [-0.2, -0.15) is 0 Å². The first-order valence-electron chi connectivity index (χ1n) is 18.3. The summed E-state index contributed by atoms with van der Waals surface area (Å²) in [4.78, 5) is 19.3. The molecule has 1 amide bonds. The van der Waals surface area contributed by atoms with Crippen LogP contribution in [-0.2, 0) is 10.0 Å². The molecule has 1 atom stereocenters. The zero-order chi connectivity index (χ0) is 36.5. The van der Waals surface area contributed by atoms with Crippen LogP contribution < -0.4 is 14.9 Å². The second-order valence-electron chi connectivity index (χ2n) is 13.8. The number of halogens is 1. The Hall–Kier alpha value is -3.76. The van der Waals surface area contributed by atoms with Crippen LogP contribution in [0.2, 0.25) is 5.02 Å². The Morgan fingerprint density at radius 2 is 1.60 bits per heavy atom. The zero-order valence-corrected chi connectivity index (χ0v) is 32.5. The van der Waals surface area contributed by atoms with E-state index in [0.29, 0.717) is 5.56 Å². The Balaban J connectivity index is 1.02. The Kier molecular flexibility index (Phi) is 13.0. The quantitative estimate of drug-likeness (QED) is 0.124. The number of amides is 1. The van der Waals surface area contributed by atoms with Crippen LogP contribution in [0, 0.1) is 6.92 Å². The molecule has 4 aromatic rings. The molecule has 1 aliphatic heterocycles.